The molecule has 124 valence electrons. The summed E-state index contributed by atoms with van der Waals surface area (Å²) in [5.41, 5.74) is 5.43. The minimum atomic E-state index is 0.281. The fourth-order valence-electron chi connectivity index (χ4n) is 3.46. The smallest absolute Gasteiger partial charge is 0.115 e. The van der Waals surface area contributed by atoms with Crippen LogP contribution in [0.3, 0.4) is 0 Å². The van der Waals surface area contributed by atoms with Crippen LogP contribution >= 0.6 is 0 Å². The number of hydrogen-bond donors (Lipinski definition) is 1. The van der Waals surface area contributed by atoms with Crippen LogP contribution in [-0.2, 0) is 0 Å². The van der Waals surface area contributed by atoms with Gasteiger partial charge >= 0.3 is 0 Å². The molecule has 26 heavy (non-hydrogen) atoms. The van der Waals surface area contributed by atoms with Crippen LogP contribution in [0, 0.1) is 0 Å². The predicted molar refractivity (Wildman–Crippen MR) is 106 cm³/mol. The predicted octanol–water partition coefficient (Wildman–Crippen LogP) is 5.55. The Hall–Kier alpha value is -3.59. The van der Waals surface area contributed by atoms with E-state index in [0.717, 1.165) is 27.8 Å². The number of hydrogen-bond acceptors (Lipinski definition) is 2. The number of nitrogens with zero attached hydrogens (tertiary/aromatic N) is 2. The first kappa shape index (κ1) is 14.7. The van der Waals surface area contributed by atoms with Gasteiger partial charge in [0.15, 0.2) is 0 Å². The summed E-state index contributed by atoms with van der Waals surface area (Å²) in [4.78, 5) is 4.51. The molecule has 5 aromatic rings. The zero-order chi connectivity index (χ0) is 17.5. The van der Waals surface area contributed by atoms with Gasteiger partial charge in [0.25, 0.3) is 0 Å². The molecular weight excluding hydrogens is 320 g/mol. The van der Waals surface area contributed by atoms with Crippen LogP contribution in [0.15, 0.2) is 91.3 Å². The Balaban J connectivity index is 1.69. The minimum Gasteiger partial charge on any atom is -0.508 e. The summed E-state index contributed by atoms with van der Waals surface area (Å²) in [6.07, 6.45) is 1.88. The number of phenolic OH excluding ortho intramolecular Hbond substituents is 1. The molecule has 0 saturated heterocycles. The summed E-state index contributed by atoms with van der Waals surface area (Å²) >= 11 is 0. The molecular formula is C23H16N2O. The molecule has 3 heteroatoms. The highest BCUT2D eigenvalue weighted by atomic mass is 16.3. The summed E-state index contributed by atoms with van der Waals surface area (Å²) in [6, 6.07) is 28.2. The first-order chi connectivity index (χ1) is 12.8. The third-order valence-corrected chi connectivity index (χ3v) is 4.77. The van der Waals surface area contributed by atoms with E-state index < -0.39 is 0 Å². The van der Waals surface area contributed by atoms with Crippen molar-refractivity contribution in [2.24, 2.45) is 0 Å². The SMILES string of the molecule is Oc1ccc(-c2ccc3c(-n4cnc5ccccc54)cccc3c2)cc1. The van der Waals surface area contributed by atoms with Crippen LogP contribution in [0.4, 0.5) is 0 Å². The maximum Gasteiger partial charge on any atom is 0.115 e. The Kier molecular flexibility index (Phi) is 3.25. The van der Waals surface area contributed by atoms with E-state index in [1.807, 2.05) is 36.7 Å². The number of fused-ring (bicyclic) bond motifs is 2. The second kappa shape index (κ2) is 5.74. The van der Waals surface area contributed by atoms with E-state index in [0.29, 0.717) is 0 Å². The lowest BCUT2D eigenvalue weighted by Crippen LogP contribution is -1.93. The highest BCUT2D eigenvalue weighted by molar-refractivity contribution is 5.95. The topological polar surface area (TPSA) is 38.0 Å². The third-order valence-electron chi connectivity index (χ3n) is 4.77. The van der Waals surface area contributed by atoms with E-state index in [4.69, 9.17) is 0 Å². The van der Waals surface area contributed by atoms with Gasteiger partial charge in [-0.1, -0.05) is 48.5 Å². The van der Waals surface area contributed by atoms with Gasteiger partial charge < -0.3 is 5.11 Å². The normalized spacial score (nSPS) is 11.2. The molecule has 0 aliphatic carbocycles. The standard InChI is InChI=1S/C23H16N2O/c26-19-11-8-16(9-12-19)17-10-13-20-18(14-17)4-3-7-22(20)25-15-24-21-5-1-2-6-23(21)25/h1-15,26H. The first-order valence-corrected chi connectivity index (χ1v) is 8.54. The van der Waals surface area contributed by atoms with Gasteiger partial charge in [-0.3, -0.25) is 4.57 Å². The quantitative estimate of drug-likeness (QED) is 0.459. The fraction of sp³-hybridized carbons (Fsp3) is 0. The Morgan fingerprint density at radius 1 is 0.731 bits per heavy atom. The molecule has 0 spiro atoms. The van der Waals surface area contributed by atoms with Crippen molar-refractivity contribution in [3.63, 3.8) is 0 Å². The first-order valence-electron chi connectivity index (χ1n) is 8.54. The van der Waals surface area contributed by atoms with Gasteiger partial charge in [-0.05, 0) is 52.9 Å². The average molecular weight is 336 g/mol. The zero-order valence-corrected chi connectivity index (χ0v) is 14.0. The van der Waals surface area contributed by atoms with E-state index in [9.17, 15) is 5.11 Å². The molecule has 0 radical (unpaired) electrons. The minimum absolute atomic E-state index is 0.281. The van der Waals surface area contributed by atoms with Crippen LogP contribution in [0.5, 0.6) is 5.75 Å². The molecule has 0 aliphatic rings. The van der Waals surface area contributed by atoms with Crippen molar-refractivity contribution in [2.45, 2.75) is 0 Å². The van der Waals surface area contributed by atoms with Gasteiger partial charge in [0.2, 0.25) is 0 Å². The van der Waals surface area contributed by atoms with Crippen molar-refractivity contribution in [3.8, 4) is 22.6 Å². The molecule has 0 saturated carbocycles. The molecule has 0 amide bonds. The monoisotopic (exact) mass is 336 g/mol. The molecule has 3 nitrogen and oxygen atoms in total. The maximum absolute atomic E-state index is 9.50. The maximum atomic E-state index is 9.50. The highest BCUT2D eigenvalue weighted by Crippen LogP contribution is 2.30. The van der Waals surface area contributed by atoms with Gasteiger partial charge in [-0.25, -0.2) is 4.98 Å². The van der Waals surface area contributed by atoms with Crippen LogP contribution in [0.1, 0.15) is 0 Å². The zero-order valence-electron chi connectivity index (χ0n) is 14.0. The lowest BCUT2D eigenvalue weighted by atomic mass is 10.0. The number of aromatic nitrogens is 2. The van der Waals surface area contributed by atoms with Crippen molar-refractivity contribution in [1.82, 2.24) is 9.55 Å². The van der Waals surface area contributed by atoms with Crippen molar-refractivity contribution in [3.05, 3.63) is 91.3 Å². The van der Waals surface area contributed by atoms with E-state index in [-0.39, 0.29) is 5.75 Å². The molecule has 0 atom stereocenters. The van der Waals surface area contributed by atoms with Crippen molar-refractivity contribution in [1.29, 1.82) is 0 Å². The summed E-state index contributed by atoms with van der Waals surface area (Å²) < 4.78 is 2.14. The molecule has 0 unspecified atom stereocenters. The summed E-state index contributed by atoms with van der Waals surface area (Å²) in [7, 11) is 0. The van der Waals surface area contributed by atoms with Gasteiger partial charge in [0.1, 0.15) is 12.1 Å². The van der Waals surface area contributed by atoms with E-state index in [1.165, 1.54) is 10.8 Å². The molecule has 1 heterocycles. The average Bonchev–Trinajstić information content (AvgIpc) is 3.12. The Morgan fingerprint density at radius 3 is 2.42 bits per heavy atom. The Labute approximate surface area is 150 Å². The summed E-state index contributed by atoms with van der Waals surface area (Å²) in [6.45, 7) is 0. The Bertz CT molecular complexity index is 1240. The van der Waals surface area contributed by atoms with Crippen LogP contribution in [0.2, 0.25) is 0 Å². The largest absolute Gasteiger partial charge is 0.508 e. The van der Waals surface area contributed by atoms with Gasteiger partial charge in [0, 0.05) is 5.39 Å². The van der Waals surface area contributed by atoms with E-state index >= 15 is 0 Å². The van der Waals surface area contributed by atoms with E-state index in [1.54, 1.807) is 12.1 Å². The number of rotatable bonds is 2. The number of imidazole rings is 1. The lowest BCUT2D eigenvalue weighted by molar-refractivity contribution is 0.475. The van der Waals surface area contributed by atoms with Crippen molar-refractivity contribution < 1.29 is 5.11 Å². The molecule has 1 N–H and O–H groups in total. The number of para-hydroxylation sites is 2. The molecule has 0 aliphatic heterocycles. The second-order valence-corrected chi connectivity index (χ2v) is 6.36. The van der Waals surface area contributed by atoms with Crippen molar-refractivity contribution in [2.75, 3.05) is 0 Å². The summed E-state index contributed by atoms with van der Waals surface area (Å²) in [5, 5.41) is 11.8. The van der Waals surface area contributed by atoms with E-state index in [2.05, 4.69) is 52.0 Å². The highest BCUT2D eigenvalue weighted by Gasteiger charge is 2.08. The fourth-order valence-corrected chi connectivity index (χ4v) is 3.46. The number of phenols is 1. The molecule has 1 aromatic heterocycles. The van der Waals surface area contributed by atoms with Crippen LogP contribution in [-0.4, -0.2) is 14.7 Å². The van der Waals surface area contributed by atoms with Crippen LogP contribution in [0.25, 0.3) is 38.6 Å². The third kappa shape index (κ3) is 2.33. The number of aromatic hydroxyl groups is 1. The molecule has 4 aromatic carbocycles. The number of benzene rings is 4. The molecule has 0 bridgehead atoms. The lowest BCUT2D eigenvalue weighted by Gasteiger charge is -2.10. The summed E-state index contributed by atoms with van der Waals surface area (Å²) in [5.74, 6) is 0.281. The second-order valence-electron chi connectivity index (χ2n) is 6.36. The van der Waals surface area contributed by atoms with Gasteiger partial charge in [-0.2, -0.15) is 0 Å². The van der Waals surface area contributed by atoms with Gasteiger partial charge in [0.05, 0.1) is 16.7 Å². The van der Waals surface area contributed by atoms with Crippen LogP contribution < -0.4 is 0 Å². The van der Waals surface area contributed by atoms with Gasteiger partial charge in [-0.15, -0.1) is 0 Å². The molecule has 5 rings (SSSR count). The van der Waals surface area contributed by atoms with Crippen molar-refractivity contribution >= 4 is 21.8 Å². The Morgan fingerprint density at radius 2 is 1.54 bits per heavy atom. The molecule has 0 fully saturated rings.